The van der Waals surface area contributed by atoms with Gasteiger partial charge in [0.15, 0.2) is 6.54 Å². The first-order chi connectivity index (χ1) is 20.3. The van der Waals surface area contributed by atoms with Crippen LogP contribution in [0.1, 0.15) is 93.6 Å². The number of alkyl carbamates (subject to hydrolysis) is 2. The van der Waals surface area contributed by atoms with E-state index in [0.717, 1.165) is 5.56 Å². The van der Waals surface area contributed by atoms with Gasteiger partial charge < -0.3 is 51.0 Å². The zero-order valence-corrected chi connectivity index (χ0v) is 30.3. The third-order valence-electron chi connectivity index (χ3n) is 6.10. The van der Waals surface area contributed by atoms with Gasteiger partial charge in [0.25, 0.3) is 0 Å². The van der Waals surface area contributed by atoms with Gasteiger partial charge in [-0.15, -0.1) is 0 Å². The molecule has 258 valence electrons. The second kappa shape index (κ2) is 19.6. The molecule has 2 N–H and O–H groups in total. The van der Waals surface area contributed by atoms with Crippen molar-refractivity contribution in [1.29, 1.82) is 0 Å². The highest BCUT2D eigenvalue weighted by Gasteiger charge is 2.33. The van der Waals surface area contributed by atoms with E-state index in [1.165, 1.54) is 0 Å². The van der Waals surface area contributed by atoms with E-state index in [1.807, 2.05) is 51.1 Å². The van der Waals surface area contributed by atoms with Crippen LogP contribution in [0.3, 0.4) is 0 Å². The van der Waals surface area contributed by atoms with Crippen molar-refractivity contribution in [3.05, 3.63) is 35.9 Å². The molecule has 1 aromatic rings. The summed E-state index contributed by atoms with van der Waals surface area (Å²) in [6, 6.07) is 9.47. The van der Waals surface area contributed by atoms with Crippen molar-refractivity contribution in [1.82, 2.24) is 10.6 Å². The van der Waals surface area contributed by atoms with Gasteiger partial charge in [-0.25, -0.2) is 14.4 Å². The number of ether oxygens (including phenoxy) is 4. The first kappa shape index (κ1) is 42.1. The van der Waals surface area contributed by atoms with Crippen LogP contribution < -0.4 is 27.6 Å². The smallest absolute Gasteiger partial charge is 0.407 e. The van der Waals surface area contributed by atoms with Crippen LogP contribution in [0.25, 0.3) is 0 Å². The van der Waals surface area contributed by atoms with Crippen LogP contribution in [0.5, 0.6) is 0 Å². The van der Waals surface area contributed by atoms with Crippen LogP contribution in [0.4, 0.5) is 9.59 Å². The second-order valence-corrected chi connectivity index (χ2v) is 14.1. The zero-order chi connectivity index (χ0) is 33.4. The molecule has 0 saturated heterocycles. The monoisotopic (exact) mass is 701 g/mol. The molecule has 0 spiro atoms. The molecule has 2 amide bonds. The number of hydrogen-bond donors (Lipinski definition) is 2. The number of amides is 2. The molecule has 0 aliphatic rings. The lowest BCUT2D eigenvalue weighted by Gasteiger charge is -2.39. The summed E-state index contributed by atoms with van der Waals surface area (Å²) in [7, 11) is 0. The number of esters is 2. The normalized spacial score (nSPS) is 11.9. The Balaban J connectivity index is 0.0000194. The number of nitrogens with zero attached hydrogens (tertiary/aromatic N) is 1. The fourth-order valence-corrected chi connectivity index (χ4v) is 4.43. The number of benzene rings is 1. The average Bonchev–Trinajstić information content (AvgIpc) is 2.85. The van der Waals surface area contributed by atoms with E-state index in [2.05, 4.69) is 10.6 Å². The molecule has 0 heterocycles. The van der Waals surface area contributed by atoms with E-state index >= 15 is 0 Å². The maximum atomic E-state index is 13.1. The Morgan fingerprint density at radius 1 is 0.644 bits per heavy atom. The minimum Gasteiger partial charge on any atom is -1.00 e. The van der Waals surface area contributed by atoms with Crippen molar-refractivity contribution in [3.8, 4) is 0 Å². The lowest BCUT2D eigenvalue weighted by atomic mass is 10.1. The van der Waals surface area contributed by atoms with Crippen molar-refractivity contribution >= 4 is 24.1 Å². The molecule has 0 atom stereocenters. The highest BCUT2D eigenvalue weighted by atomic mass is 79.9. The Bertz CT molecular complexity index is 1010. The van der Waals surface area contributed by atoms with Gasteiger partial charge in [-0.3, -0.25) is 4.79 Å². The molecule has 0 fully saturated rings. The minimum absolute atomic E-state index is 0. The fraction of sp³-hybridized carbons (Fsp3) is 0.697. The quantitative estimate of drug-likeness (QED) is 0.117. The van der Waals surface area contributed by atoms with E-state index in [0.29, 0.717) is 56.5 Å². The zero-order valence-electron chi connectivity index (χ0n) is 28.8. The van der Waals surface area contributed by atoms with E-state index < -0.39 is 29.0 Å². The highest BCUT2D eigenvalue weighted by molar-refractivity contribution is 5.71. The molecule has 0 aliphatic carbocycles. The number of nitrogens with one attached hydrogen (secondary N) is 2. The molecular weight excluding hydrogens is 646 g/mol. The van der Waals surface area contributed by atoms with Gasteiger partial charge in [0, 0.05) is 32.4 Å². The van der Waals surface area contributed by atoms with Crippen LogP contribution >= 0.6 is 0 Å². The van der Waals surface area contributed by atoms with Gasteiger partial charge >= 0.3 is 24.1 Å². The average molecular weight is 703 g/mol. The van der Waals surface area contributed by atoms with E-state index in [9.17, 15) is 19.2 Å². The molecule has 12 heteroatoms. The number of carbonyl (C=O) groups is 4. The summed E-state index contributed by atoms with van der Waals surface area (Å²) in [6.45, 7) is 18.8. The molecule has 0 radical (unpaired) electrons. The number of carbonyl (C=O) groups excluding carboxylic acids is 4. The number of hydrogen-bond acceptors (Lipinski definition) is 8. The van der Waals surface area contributed by atoms with Crippen LogP contribution in [-0.4, -0.2) is 84.7 Å². The standard InChI is InChI=1S/C33H55N3O8.BrH/c1-31(2,3)42-28(38)24-36(22-14-19-34-29(39)43-32(4,5)6,23-15-20-35-30(40)44-33(7,8)9)21-13-18-27(37)41-25-26-16-11-10-12-17-26;/h10-12,16-17H,13-15,18-25H2,1-9H3,(H-,34,35,39,40);1H. The van der Waals surface area contributed by atoms with Crippen molar-refractivity contribution in [2.24, 2.45) is 0 Å². The first-order valence-electron chi connectivity index (χ1n) is 15.5. The Morgan fingerprint density at radius 2 is 1.09 bits per heavy atom. The third kappa shape index (κ3) is 22.3. The fourth-order valence-electron chi connectivity index (χ4n) is 4.43. The lowest BCUT2D eigenvalue weighted by molar-refractivity contribution is -0.921. The second-order valence-electron chi connectivity index (χ2n) is 14.1. The number of rotatable bonds is 16. The molecular formula is C33H56BrN3O8. The van der Waals surface area contributed by atoms with Crippen molar-refractivity contribution in [2.45, 2.75) is 111 Å². The summed E-state index contributed by atoms with van der Waals surface area (Å²) in [5, 5.41) is 5.56. The van der Waals surface area contributed by atoms with Crippen molar-refractivity contribution in [2.75, 3.05) is 39.3 Å². The molecule has 45 heavy (non-hydrogen) atoms. The molecule has 1 aromatic carbocycles. The molecule has 1 rings (SSSR count). The van der Waals surface area contributed by atoms with Crippen LogP contribution in [-0.2, 0) is 35.1 Å². The summed E-state index contributed by atoms with van der Waals surface area (Å²) in [5.41, 5.74) is -0.982. The summed E-state index contributed by atoms with van der Waals surface area (Å²) in [5.74, 6) is -0.674. The van der Waals surface area contributed by atoms with Crippen LogP contribution in [0.15, 0.2) is 30.3 Å². The van der Waals surface area contributed by atoms with Gasteiger partial charge in [-0.2, -0.15) is 0 Å². The summed E-state index contributed by atoms with van der Waals surface area (Å²) in [4.78, 5) is 50.1. The predicted molar refractivity (Wildman–Crippen MR) is 169 cm³/mol. The molecule has 0 bridgehead atoms. The van der Waals surface area contributed by atoms with Gasteiger partial charge in [0.1, 0.15) is 23.4 Å². The number of halogens is 1. The molecule has 11 nitrogen and oxygen atoms in total. The molecule has 0 saturated carbocycles. The molecule has 0 aromatic heterocycles. The first-order valence-corrected chi connectivity index (χ1v) is 15.5. The predicted octanol–water partition coefficient (Wildman–Crippen LogP) is 2.50. The summed E-state index contributed by atoms with van der Waals surface area (Å²) in [6.07, 6.45) is 0.763. The van der Waals surface area contributed by atoms with Gasteiger partial charge in [0.05, 0.1) is 26.1 Å². The Hall–Kier alpha value is -2.86. The Labute approximate surface area is 280 Å². The maximum absolute atomic E-state index is 13.1. The SMILES string of the molecule is CC(C)(C)OC(=O)C[N+](CCCNC(=O)OC(C)(C)C)(CCCNC(=O)OC(C)(C)C)CCCC(=O)OCc1ccccc1.[Br-]. The Morgan fingerprint density at radius 3 is 1.53 bits per heavy atom. The van der Waals surface area contributed by atoms with E-state index in [4.69, 9.17) is 18.9 Å². The van der Waals surface area contributed by atoms with Crippen molar-refractivity contribution < 1.29 is 59.6 Å². The van der Waals surface area contributed by atoms with E-state index in [1.54, 1.807) is 41.5 Å². The van der Waals surface area contributed by atoms with E-state index in [-0.39, 0.29) is 48.5 Å². The van der Waals surface area contributed by atoms with Crippen LogP contribution in [0.2, 0.25) is 0 Å². The number of quaternary nitrogens is 1. The van der Waals surface area contributed by atoms with Gasteiger partial charge in [-0.05, 0) is 67.9 Å². The molecule has 0 aliphatic heterocycles. The van der Waals surface area contributed by atoms with Gasteiger partial charge in [-0.1, -0.05) is 30.3 Å². The lowest BCUT2D eigenvalue weighted by Crippen LogP contribution is -3.00. The molecule has 0 unspecified atom stereocenters. The largest absolute Gasteiger partial charge is 1.00 e. The van der Waals surface area contributed by atoms with Crippen molar-refractivity contribution in [3.63, 3.8) is 0 Å². The van der Waals surface area contributed by atoms with Gasteiger partial charge in [0.2, 0.25) is 0 Å². The summed E-state index contributed by atoms with van der Waals surface area (Å²) >= 11 is 0. The minimum atomic E-state index is -0.662. The topological polar surface area (TPSA) is 129 Å². The summed E-state index contributed by atoms with van der Waals surface area (Å²) < 4.78 is 22.1. The highest BCUT2D eigenvalue weighted by Crippen LogP contribution is 2.17. The third-order valence-corrected chi connectivity index (χ3v) is 6.10. The maximum Gasteiger partial charge on any atom is 0.407 e. The van der Waals surface area contributed by atoms with Crippen LogP contribution in [0, 0.1) is 0 Å². The Kier molecular flexibility index (Phi) is 18.4.